The van der Waals surface area contributed by atoms with Gasteiger partial charge in [0.1, 0.15) is 0 Å². The maximum absolute atomic E-state index is 13.6. The summed E-state index contributed by atoms with van der Waals surface area (Å²) in [5.41, 5.74) is 0. The molecule has 0 atom stereocenters. The smallest absolute Gasteiger partial charge is 0.251 e. The van der Waals surface area contributed by atoms with Crippen LogP contribution in [-0.4, -0.2) is 17.6 Å². The van der Waals surface area contributed by atoms with E-state index >= 15 is 0 Å². The van der Waals surface area contributed by atoms with E-state index < -0.39 is 17.6 Å². The number of nitrogens with zero attached hydrogens (tertiary/aromatic N) is 2. The molecule has 1 aromatic heterocycles. The van der Waals surface area contributed by atoms with E-state index in [2.05, 4.69) is 4.98 Å². The highest BCUT2D eigenvalue weighted by Crippen LogP contribution is 2.37. The molecule has 5 heteroatoms. The summed E-state index contributed by atoms with van der Waals surface area (Å²) in [5, 5.41) is 0. The average molecular weight is 242 g/mol. The molecule has 3 rings (SSSR count). The largest absolute Gasteiger partial charge is 0.351 e. The van der Waals surface area contributed by atoms with E-state index in [0.29, 0.717) is 18.5 Å². The van der Waals surface area contributed by atoms with Gasteiger partial charge in [-0.05, 0) is 31.6 Å². The lowest BCUT2D eigenvalue weighted by atomic mass is 10.3. The van der Waals surface area contributed by atoms with E-state index in [-0.39, 0.29) is 11.9 Å². The Labute approximate surface area is 97.5 Å². The van der Waals surface area contributed by atoms with Crippen LogP contribution in [0.3, 0.4) is 0 Å². The molecule has 2 fully saturated rings. The fourth-order valence-electron chi connectivity index (χ4n) is 2.01. The molecule has 0 aromatic carbocycles. The molecule has 0 aliphatic heterocycles. The van der Waals surface area contributed by atoms with Gasteiger partial charge in [0.25, 0.3) is 5.95 Å². The fraction of sp³-hybridized carbons (Fsp3) is 0.583. The van der Waals surface area contributed by atoms with Gasteiger partial charge in [0.05, 0.1) is 0 Å². The Morgan fingerprint density at radius 2 is 1.82 bits per heavy atom. The van der Waals surface area contributed by atoms with Crippen molar-refractivity contribution in [3.05, 3.63) is 23.6 Å². The van der Waals surface area contributed by atoms with Gasteiger partial charge in [-0.25, -0.2) is 8.78 Å². The maximum atomic E-state index is 13.6. The highest BCUT2D eigenvalue weighted by molar-refractivity contribution is 5.43. The van der Waals surface area contributed by atoms with Gasteiger partial charge in [0.15, 0.2) is 17.5 Å². The predicted octanol–water partition coefficient (Wildman–Crippen LogP) is 2.88. The van der Waals surface area contributed by atoms with Crippen LogP contribution in [0.15, 0.2) is 6.07 Å². The van der Waals surface area contributed by atoms with E-state index in [4.69, 9.17) is 0 Å². The molecule has 0 unspecified atom stereocenters. The highest BCUT2D eigenvalue weighted by Gasteiger charge is 2.36. The molecule has 2 aliphatic carbocycles. The Balaban J connectivity index is 1.90. The Morgan fingerprint density at radius 3 is 2.41 bits per heavy atom. The van der Waals surface area contributed by atoms with Gasteiger partial charge in [-0.1, -0.05) is 0 Å². The van der Waals surface area contributed by atoms with Crippen molar-refractivity contribution in [1.82, 2.24) is 4.98 Å². The van der Waals surface area contributed by atoms with Crippen molar-refractivity contribution < 1.29 is 13.2 Å². The molecule has 0 bridgehead atoms. The van der Waals surface area contributed by atoms with Gasteiger partial charge in [-0.3, -0.25) is 0 Å². The van der Waals surface area contributed by atoms with E-state index in [1.54, 1.807) is 4.90 Å². The molecule has 1 aromatic rings. The number of hydrogen-bond acceptors (Lipinski definition) is 2. The van der Waals surface area contributed by atoms with E-state index in [0.717, 1.165) is 25.7 Å². The van der Waals surface area contributed by atoms with Crippen LogP contribution in [0.2, 0.25) is 0 Å². The Bertz CT molecular complexity index is 442. The lowest BCUT2D eigenvalue weighted by Gasteiger charge is -2.23. The molecule has 0 N–H and O–H groups in total. The quantitative estimate of drug-likeness (QED) is 0.755. The van der Waals surface area contributed by atoms with Crippen molar-refractivity contribution in [2.24, 2.45) is 5.92 Å². The van der Waals surface area contributed by atoms with Crippen LogP contribution in [-0.2, 0) is 0 Å². The van der Waals surface area contributed by atoms with Gasteiger partial charge in [-0.15, -0.1) is 0 Å². The summed E-state index contributed by atoms with van der Waals surface area (Å²) in [6.45, 7) is 0.708. The number of pyridine rings is 1. The minimum atomic E-state index is -1.23. The van der Waals surface area contributed by atoms with Gasteiger partial charge in [0.2, 0.25) is 0 Å². The summed E-state index contributed by atoms with van der Waals surface area (Å²) in [6.07, 6.45) is 4.22. The highest BCUT2D eigenvalue weighted by atomic mass is 19.2. The summed E-state index contributed by atoms with van der Waals surface area (Å²) in [4.78, 5) is 5.23. The SMILES string of the molecule is Fc1cc(F)c(N(CC2CC2)C2CC2)nc1F. The van der Waals surface area contributed by atoms with Crippen molar-refractivity contribution in [2.45, 2.75) is 31.7 Å². The lowest BCUT2D eigenvalue weighted by molar-refractivity contribution is 0.461. The third kappa shape index (κ3) is 2.23. The third-order valence-corrected chi connectivity index (χ3v) is 3.28. The topological polar surface area (TPSA) is 16.1 Å². The van der Waals surface area contributed by atoms with Crippen LogP contribution in [0, 0.1) is 23.5 Å². The third-order valence-electron chi connectivity index (χ3n) is 3.28. The molecule has 2 nitrogen and oxygen atoms in total. The Morgan fingerprint density at radius 1 is 1.12 bits per heavy atom. The maximum Gasteiger partial charge on any atom is 0.251 e. The first-order valence-electron chi connectivity index (χ1n) is 5.93. The normalized spacial score (nSPS) is 19.5. The fourth-order valence-corrected chi connectivity index (χ4v) is 2.01. The van der Waals surface area contributed by atoms with Gasteiger partial charge in [0, 0.05) is 18.7 Å². The second-order valence-electron chi connectivity index (χ2n) is 4.89. The Kier molecular flexibility index (Phi) is 2.49. The van der Waals surface area contributed by atoms with Crippen LogP contribution in [0.4, 0.5) is 19.0 Å². The molecule has 0 radical (unpaired) electrons. The number of anilines is 1. The second kappa shape index (κ2) is 3.89. The second-order valence-corrected chi connectivity index (χ2v) is 4.89. The van der Waals surface area contributed by atoms with Crippen molar-refractivity contribution in [3.63, 3.8) is 0 Å². The van der Waals surface area contributed by atoms with Crippen molar-refractivity contribution >= 4 is 5.82 Å². The zero-order chi connectivity index (χ0) is 12.0. The Hall–Kier alpha value is -1.26. The zero-order valence-electron chi connectivity index (χ0n) is 9.30. The predicted molar refractivity (Wildman–Crippen MR) is 57.2 cm³/mol. The minimum Gasteiger partial charge on any atom is -0.351 e. The number of halogens is 3. The van der Waals surface area contributed by atoms with Crippen LogP contribution >= 0.6 is 0 Å². The zero-order valence-corrected chi connectivity index (χ0v) is 9.30. The molecular formula is C12H13F3N2. The lowest BCUT2D eigenvalue weighted by Crippen LogP contribution is -2.30. The van der Waals surface area contributed by atoms with Crippen molar-refractivity contribution in [2.75, 3.05) is 11.4 Å². The number of aromatic nitrogens is 1. The molecule has 1 heterocycles. The average Bonchev–Trinajstić information content (AvgIpc) is 3.14. The molecule has 2 saturated carbocycles. The molecule has 2 aliphatic rings. The first-order chi connectivity index (χ1) is 8.15. The van der Waals surface area contributed by atoms with Crippen molar-refractivity contribution in [3.8, 4) is 0 Å². The molecule has 0 amide bonds. The van der Waals surface area contributed by atoms with E-state index in [1.807, 2.05) is 0 Å². The van der Waals surface area contributed by atoms with E-state index in [1.165, 1.54) is 0 Å². The summed E-state index contributed by atoms with van der Waals surface area (Å²) < 4.78 is 39.5. The van der Waals surface area contributed by atoms with Gasteiger partial charge < -0.3 is 4.90 Å². The van der Waals surface area contributed by atoms with E-state index in [9.17, 15) is 13.2 Å². The molecule has 0 saturated heterocycles. The van der Waals surface area contributed by atoms with Crippen LogP contribution < -0.4 is 4.90 Å². The molecular weight excluding hydrogens is 229 g/mol. The first kappa shape index (κ1) is 10.9. The molecule has 17 heavy (non-hydrogen) atoms. The van der Waals surface area contributed by atoms with Crippen molar-refractivity contribution in [1.29, 1.82) is 0 Å². The summed E-state index contributed by atoms with van der Waals surface area (Å²) in [7, 11) is 0. The summed E-state index contributed by atoms with van der Waals surface area (Å²) in [6, 6.07) is 0.836. The summed E-state index contributed by atoms with van der Waals surface area (Å²) in [5.74, 6) is -2.68. The molecule has 92 valence electrons. The van der Waals surface area contributed by atoms with Crippen LogP contribution in [0.1, 0.15) is 25.7 Å². The monoisotopic (exact) mass is 242 g/mol. The first-order valence-corrected chi connectivity index (χ1v) is 5.93. The van der Waals surface area contributed by atoms with Crippen LogP contribution in [0.25, 0.3) is 0 Å². The van der Waals surface area contributed by atoms with Gasteiger partial charge in [-0.2, -0.15) is 9.37 Å². The molecule has 0 spiro atoms. The van der Waals surface area contributed by atoms with Gasteiger partial charge >= 0.3 is 0 Å². The number of rotatable bonds is 4. The summed E-state index contributed by atoms with van der Waals surface area (Å²) >= 11 is 0. The standard InChI is InChI=1S/C12H13F3N2/c13-9-5-10(14)12(16-11(9)15)17(8-3-4-8)6-7-1-2-7/h5,7-8H,1-4,6H2. The van der Waals surface area contributed by atoms with Crippen LogP contribution in [0.5, 0.6) is 0 Å². The minimum absolute atomic E-state index is 0.0294. The number of hydrogen-bond donors (Lipinski definition) is 0.